The zero-order valence-electron chi connectivity index (χ0n) is 15.3. The van der Waals surface area contributed by atoms with Gasteiger partial charge in [0.1, 0.15) is 12.4 Å². The van der Waals surface area contributed by atoms with E-state index in [9.17, 15) is 4.79 Å². The van der Waals surface area contributed by atoms with Gasteiger partial charge in [-0.1, -0.05) is 0 Å². The monoisotopic (exact) mass is 339 g/mol. The molecule has 0 N–H and O–H groups in total. The molecule has 0 radical (unpaired) electrons. The normalized spacial score (nSPS) is 14.5. The number of carbonyl (C=O) groups is 1. The molecule has 25 heavy (non-hydrogen) atoms. The Balaban J connectivity index is 1.73. The van der Waals surface area contributed by atoms with Crippen LogP contribution >= 0.6 is 0 Å². The van der Waals surface area contributed by atoms with Crippen LogP contribution in [0.25, 0.3) is 0 Å². The second kappa shape index (κ2) is 7.13. The standard InChI is InChI=1S/C20H25N3O2/c1-14-7-8-21-17(11-14)12-15(2)23(4)20(24)16-5-6-18-19(13-16)25-10-9-22(18)3/h5-8,11,13,15H,9-10,12H2,1-4H3/t15-/m1/s1. The van der Waals surface area contributed by atoms with Crippen LogP contribution < -0.4 is 9.64 Å². The van der Waals surface area contributed by atoms with Crippen molar-refractivity contribution in [3.63, 3.8) is 0 Å². The molecule has 1 amide bonds. The number of aromatic nitrogens is 1. The first-order valence-corrected chi connectivity index (χ1v) is 8.62. The third-order valence-electron chi connectivity index (χ3n) is 4.76. The summed E-state index contributed by atoms with van der Waals surface area (Å²) >= 11 is 0. The van der Waals surface area contributed by atoms with E-state index in [4.69, 9.17) is 4.74 Å². The third-order valence-corrected chi connectivity index (χ3v) is 4.76. The van der Waals surface area contributed by atoms with Crippen molar-refractivity contribution >= 4 is 11.6 Å². The first-order valence-electron chi connectivity index (χ1n) is 8.62. The van der Waals surface area contributed by atoms with Crippen LogP contribution in [0.3, 0.4) is 0 Å². The average molecular weight is 339 g/mol. The first-order chi connectivity index (χ1) is 12.0. The summed E-state index contributed by atoms with van der Waals surface area (Å²) in [5.74, 6) is 0.779. The van der Waals surface area contributed by atoms with Crippen LogP contribution in [-0.4, -0.2) is 49.1 Å². The van der Waals surface area contributed by atoms with Gasteiger partial charge in [0.05, 0.1) is 12.2 Å². The third kappa shape index (κ3) is 3.76. The number of benzene rings is 1. The lowest BCUT2D eigenvalue weighted by molar-refractivity contribution is 0.0742. The SMILES string of the molecule is Cc1ccnc(C[C@@H](C)N(C)C(=O)c2ccc3c(c2)OCCN3C)c1. The van der Waals surface area contributed by atoms with Gasteiger partial charge in [0, 0.05) is 44.0 Å². The van der Waals surface area contributed by atoms with Crippen LogP contribution in [-0.2, 0) is 6.42 Å². The summed E-state index contributed by atoms with van der Waals surface area (Å²) in [5.41, 5.74) is 3.87. The van der Waals surface area contributed by atoms with E-state index in [0.717, 1.165) is 30.1 Å². The zero-order chi connectivity index (χ0) is 18.0. The number of hydrogen-bond donors (Lipinski definition) is 0. The zero-order valence-corrected chi connectivity index (χ0v) is 15.3. The molecule has 0 aliphatic carbocycles. The number of hydrogen-bond acceptors (Lipinski definition) is 4. The van der Waals surface area contributed by atoms with E-state index >= 15 is 0 Å². The Morgan fingerprint density at radius 2 is 2.16 bits per heavy atom. The molecule has 1 aromatic heterocycles. The number of pyridine rings is 1. The molecule has 0 saturated carbocycles. The van der Waals surface area contributed by atoms with Gasteiger partial charge in [-0.2, -0.15) is 0 Å². The summed E-state index contributed by atoms with van der Waals surface area (Å²) in [6, 6.07) is 9.79. The summed E-state index contributed by atoms with van der Waals surface area (Å²) in [7, 11) is 3.88. The Labute approximate surface area is 149 Å². The quantitative estimate of drug-likeness (QED) is 0.859. The Kier molecular flexibility index (Phi) is 4.93. The molecule has 0 spiro atoms. The molecule has 0 bridgehead atoms. The van der Waals surface area contributed by atoms with Gasteiger partial charge in [-0.15, -0.1) is 0 Å². The number of rotatable bonds is 4. The molecule has 1 atom stereocenters. The minimum atomic E-state index is -0.000204. The van der Waals surface area contributed by atoms with Gasteiger partial charge in [0.25, 0.3) is 5.91 Å². The van der Waals surface area contributed by atoms with Crippen molar-refractivity contribution < 1.29 is 9.53 Å². The first kappa shape index (κ1) is 17.3. The second-order valence-electron chi connectivity index (χ2n) is 6.75. The predicted octanol–water partition coefficient (Wildman–Crippen LogP) is 2.92. The minimum Gasteiger partial charge on any atom is -0.490 e. The van der Waals surface area contributed by atoms with Gasteiger partial charge in [-0.25, -0.2) is 0 Å². The van der Waals surface area contributed by atoms with Gasteiger partial charge >= 0.3 is 0 Å². The maximum Gasteiger partial charge on any atom is 0.253 e. The average Bonchev–Trinajstić information content (AvgIpc) is 2.60. The second-order valence-corrected chi connectivity index (χ2v) is 6.75. The fourth-order valence-corrected chi connectivity index (χ4v) is 3.04. The Morgan fingerprint density at radius 1 is 1.36 bits per heavy atom. The molecule has 1 aromatic carbocycles. The van der Waals surface area contributed by atoms with Crippen LogP contribution in [0.15, 0.2) is 36.5 Å². The summed E-state index contributed by atoms with van der Waals surface area (Å²) in [4.78, 5) is 21.2. The van der Waals surface area contributed by atoms with E-state index < -0.39 is 0 Å². The number of fused-ring (bicyclic) bond motifs is 1. The van der Waals surface area contributed by atoms with E-state index in [1.54, 1.807) is 4.90 Å². The molecular weight excluding hydrogens is 314 g/mol. The molecule has 5 heteroatoms. The van der Waals surface area contributed by atoms with E-state index in [1.807, 2.05) is 51.5 Å². The molecule has 1 aliphatic rings. The van der Waals surface area contributed by atoms with Crippen molar-refractivity contribution in [2.75, 3.05) is 32.1 Å². The smallest absolute Gasteiger partial charge is 0.253 e. The van der Waals surface area contributed by atoms with E-state index in [0.29, 0.717) is 12.2 Å². The number of likely N-dealkylation sites (N-methyl/N-ethyl adjacent to an activating group) is 2. The highest BCUT2D eigenvalue weighted by Crippen LogP contribution is 2.31. The van der Waals surface area contributed by atoms with Crippen molar-refractivity contribution in [1.82, 2.24) is 9.88 Å². The van der Waals surface area contributed by atoms with Crippen molar-refractivity contribution in [2.24, 2.45) is 0 Å². The van der Waals surface area contributed by atoms with Crippen molar-refractivity contribution in [3.8, 4) is 5.75 Å². The van der Waals surface area contributed by atoms with Gasteiger partial charge in [0.15, 0.2) is 0 Å². The van der Waals surface area contributed by atoms with Gasteiger partial charge in [-0.3, -0.25) is 9.78 Å². The summed E-state index contributed by atoms with van der Waals surface area (Å²) < 4.78 is 5.71. The van der Waals surface area contributed by atoms with Crippen LogP contribution in [0.4, 0.5) is 5.69 Å². The molecule has 3 rings (SSSR count). The Morgan fingerprint density at radius 3 is 2.92 bits per heavy atom. The van der Waals surface area contributed by atoms with Crippen molar-refractivity contribution in [3.05, 3.63) is 53.3 Å². The molecular formula is C20H25N3O2. The summed E-state index contributed by atoms with van der Waals surface area (Å²) in [5, 5.41) is 0. The van der Waals surface area contributed by atoms with E-state index in [2.05, 4.69) is 22.9 Å². The molecule has 2 aromatic rings. The lowest BCUT2D eigenvalue weighted by Gasteiger charge is -2.29. The summed E-state index contributed by atoms with van der Waals surface area (Å²) in [6.45, 7) is 5.60. The van der Waals surface area contributed by atoms with Crippen molar-refractivity contribution in [2.45, 2.75) is 26.3 Å². The molecule has 5 nitrogen and oxygen atoms in total. The molecule has 0 fully saturated rings. The number of nitrogens with zero attached hydrogens (tertiary/aromatic N) is 3. The molecule has 0 unspecified atom stereocenters. The number of anilines is 1. The highest BCUT2D eigenvalue weighted by Gasteiger charge is 2.21. The highest BCUT2D eigenvalue weighted by atomic mass is 16.5. The van der Waals surface area contributed by atoms with Gasteiger partial charge < -0.3 is 14.5 Å². The Bertz CT molecular complexity index is 775. The Hall–Kier alpha value is -2.56. The maximum atomic E-state index is 12.8. The largest absolute Gasteiger partial charge is 0.490 e. The fraction of sp³-hybridized carbons (Fsp3) is 0.400. The fourth-order valence-electron chi connectivity index (χ4n) is 3.04. The lowest BCUT2D eigenvalue weighted by Crippen LogP contribution is -2.37. The van der Waals surface area contributed by atoms with Gasteiger partial charge in [0.2, 0.25) is 0 Å². The minimum absolute atomic E-state index is 0.000204. The number of carbonyl (C=O) groups excluding carboxylic acids is 1. The lowest BCUT2D eigenvalue weighted by atomic mass is 10.1. The molecule has 0 saturated heterocycles. The maximum absolute atomic E-state index is 12.8. The predicted molar refractivity (Wildman–Crippen MR) is 99.4 cm³/mol. The highest BCUT2D eigenvalue weighted by molar-refractivity contribution is 5.95. The number of aryl methyl sites for hydroxylation is 1. The number of amides is 1. The number of ether oxygens (including phenoxy) is 1. The van der Waals surface area contributed by atoms with Crippen LogP contribution in [0.1, 0.15) is 28.5 Å². The van der Waals surface area contributed by atoms with Crippen LogP contribution in [0.5, 0.6) is 5.75 Å². The molecule has 2 heterocycles. The van der Waals surface area contributed by atoms with Gasteiger partial charge in [-0.05, 0) is 49.7 Å². The molecule has 1 aliphatic heterocycles. The molecule has 132 valence electrons. The van der Waals surface area contributed by atoms with Crippen molar-refractivity contribution in [1.29, 1.82) is 0 Å². The van der Waals surface area contributed by atoms with E-state index in [1.165, 1.54) is 5.56 Å². The topological polar surface area (TPSA) is 45.7 Å². The summed E-state index contributed by atoms with van der Waals surface area (Å²) in [6.07, 6.45) is 2.55. The van der Waals surface area contributed by atoms with Crippen LogP contribution in [0, 0.1) is 6.92 Å². The van der Waals surface area contributed by atoms with Crippen LogP contribution in [0.2, 0.25) is 0 Å². The van der Waals surface area contributed by atoms with E-state index in [-0.39, 0.29) is 11.9 Å².